The molecule has 1 fully saturated rings. The van der Waals surface area contributed by atoms with Crippen LogP contribution in [0.4, 0.5) is 0 Å². The van der Waals surface area contributed by atoms with E-state index in [4.69, 9.17) is 21.8 Å². The summed E-state index contributed by atoms with van der Waals surface area (Å²) in [6, 6.07) is 7.46. The van der Waals surface area contributed by atoms with Crippen molar-refractivity contribution >= 4 is 17.5 Å². The lowest BCUT2D eigenvalue weighted by molar-refractivity contribution is -0.922. The maximum Gasteiger partial charge on any atom is 0.250 e. The summed E-state index contributed by atoms with van der Waals surface area (Å²) in [6.07, 6.45) is 3.63. The Morgan fingerprint density at radius 1 is 1.41 bits per heavy atom. The molecule has 1 aromatic carbocycles. The van der Waals surface area contributed by atoms with E-state index in [9.17, 15) is 4.79 Å². The predicted molar refractivity (Wildman–Crippen MR) is 83.3 cm³/mol. The van der Waals surface area contributed by atoms with Crippen LogP contribution in [0.3, 0.4) is 0 Å². The van der Waals surface area contributed by atoms with Gasteiger partial charge in [0.1, 0.15) is 0 Å². The highest BCUT2D eigenvalue weighted by molar-refractivity contribution is 6.30. The van der Waals surface area contributed by atoms with Crippen LogP contribution in [0.1, 0.15) is 18.7 Å². The average molecular weight is 321 g/mol. The van der Waals surface area contributed by atoms with E-state index in [1.54, 1.807) is 6.20 Å². The van der Waals surface area contributed by atoms with E-state index >= 15 is 0 Å². The van der Waals surface area contributed by atoms with Gasteiger partial charge in [0.05, 0.1) is 25.2 Å². The Balaban J connectivity index is 1.66. The van der Waals surface area contributed by atoms with Crippen LogP contribution in [-0.4, -0.2) is 24.0 Å². The molecule has 2 aromatic rings. The van der Waals surface area contributed by atoms with E-state index in [0.29, 0.717) is 17.5 Å². The van der Waals surface area contributed by atoms with Gasteiger partial charge in [0, 0.05) is 10.6 Å². The number of carbonyl (C=O) groups is 1. The topological polar surface area (TPSA) is 73.6 Å². The summed E-state index contributed by atoms with van der Waals surface area (Å²) in [4.78, 5) is 17.0. The molecule has 0 radical (unpaired) electrons. The van der Waals surface area contributed by atoms with Crippen molar-refractivity contribution in [1.82, 2.24) is 4.98 Å². The summed E-state index contributed by atoms with van der Waals surface area (Å²) in [5, 5.41) is 0.693. The van der Waals surface area contributed by atoms with Gasteiger partial charge in [-0.3, -0.25) is 4.79 Å². The highest BCUT2D eigenvalue weighted by Crippen LogP contribution is 2.22. The summed E-state index contributed by atoms with van der Waals surface area (Å²) < 4.78 is 5.82. The number of quaternary nitrogens is 1. The van der Waals surface area contributed by atoms with Crippen molar-refractivity contribution in [2.75, 3.05) is 13.1 Å². The van der Waals surface area contributed by atoms with Gasteiger partial charge in [-0.25, -0.2) is 4.98 Å². The molecule has 116 valence electrons. The van der Waals surface area contributed by atoms with E-state index in [1.807, 2.05) is 24.3 Å². The molecule has 2 heterocycles. The molecule has 5 nitrogen and oxygen atoms in total. The number of piperidine rings is 1. The van der Waals surface area contributed by atoms with Crippen LogP contribution in [0, 0.1) is 5.92 Å². The number of halogens is 1. The van der Waals surface area contributed by atoms with Crippen LogP contribution in [0.2, 0.25) is 5.02 Å². The number of nitrogens with zero attached hydrogens (tertiary/aromatic N) is 1. The van der Waals surface area contributed by atoms with E-state index in [0.717, 1.165) is 37.3 Å². The third-order valence-corrected chi connectivity index (χ3v) is 4.36. The summed E-state index contributed by atoms with van der Waals surface area (Å²) in [7, 11) is 0. The Labute approximate surface area is 134 Å². The summed E-state index contributed by atoms with van der Waals surface area (Å²) in [5.74, 6) is 1.18. The molecule has 0 spiro atoms. The molecule has 3 rings (SSSR count). The Morgan fingerprint density at radius 3 is 2.91 bits per heavy atom. The molecule has 1 aliphatic heterocycles. The fourth-order valence-electron chi connectivity index (χ4n) is 2.91. The van der Waals surface area contributed by atoms with Gasteiger partial charge >= 0.3 is 0 Å². The lowest BCUT2D eigenvalue weighted by Crippen LogP contribution is -3.12. The first-order valence-corrected chi connectivity index (χ1v) is 7.83. The van der Waals surface area contributed by atoms with E-state index in [1.165, 1.54) is 4.90 Å². The molecule has 1 amide bonds. The van der Waals surface area contributed by atoms with E-state index in [-0.39, 0.29) is 11.8 Å². The van der Waals surface area contributed by atoms with Crippen molar-refractivity contribution in [2.45, 2.75) is 19.4 Å². The van der Waals surface area contributed by atoms with Crippen LogP contribution < -0.4 is 10.6 Å². The second-order valence-electron chi connectivity index (χ2n) is 5.75. The Hall–Kier alpha value is -1.85. The average Bonchev–Trinajstić information content (AvgIpc) is 2.96. The molecule has 1 aromatic heterocycles. The smallest absolute Gasteiger partial charge is 0.250 e. The maximum atomic E-state index is 11.3. The van der Waals surface area contributed by atoms with Crippen LogP contribution in [0.15, 0.2) is 34.9 Å². The second kappa shape index (κ2) is 6.50. The van der Waals surface area contributed by atoms with Gasteiger partial charge in [-0.1, -0.05) is 11.6 Å². The third-order valence-electron chi connectivity index (χ3n) is 4.10. The number of aromatic nitrogens is 1. The van der Waals surface area contributed by atoms with Gasteiger partial charge in [-0.15, -0.1) is 0 Å². The number of hydrogen-bond donors (Lipinski definition) is 2. The molecule has 0 bridgehead atoms. The molecule has 22 heavy (non-hydrogen) atoms. The number of nitrogens with two attached hydrogens (primary N) is 1. The minimum absolute atomic E-state index is 0.0329. The lowest BCUT2D eigenvalue weighted by atomic mass is 9.97. The zero-order valence-corrected chi connectivity index (χ0v) is 13.0. The molecular weight excluding hydrogens is 302 g/mol. The fraction of sp³-hybridized carbons (Fsp3) is 0.375. The Kier molecular flexibility index (Phi) is 4.45. The molecular formula is C16H19ClN3O2+. The first-order valence-electron chi connectivity index (χ1n) is 7.45. The van der Waals surface area contributed by atoms with Gasteiger partial charge in [-0.2, -0.15) is 0 Å². The standard InChI is InChI=1S/C16H18ClN3O2/c17-13-5-3-11(4-6-13)14-8-19-15(22-14)10-20-7-1-2-12(9-20)16(18)21/h3-6,8,12H,1-2,7,9-10H2,(H2,18,21)/p+1/t12-/m1/s1. The lowest BCUT2D eigenvalue weighted by Gasteiger charge is -2.27. The Bertz CT molecular complexity index is 654. The first kappa shape index (κ1) is 15.1. The van der Waals surface area contributed by atoms with Crippen LogP contribution in [0.5, 0.6) is 0 Å². The monoisotopic (exact) mass is 320 g/mol. The highest BCUT2D eigenvalue weighted by atomic mass is 35.5. The molecule has 1 aliphatic rings. The SMILES string of the molecule is NC(=O)[C@@H]1CCC[NH+](Cc2ncc(-c3ccc(Cl)cc3)o2)C1. The normalized spacial score (nSPS) is 21.7. The summed E-state index contributed by atoms with van der Waals surface area (Å²) >= 11 is 5.89. The molecule has 1 unspecified atom stereocenters. The zero-order valence-electron chi connectivity index (χ0n) is 12.2. The minimum atomic E-state index is -0.202. The highest BCUT2D eigenvalue weighted by Gasteiger charge is 2.28. The third kappa shape index (κ3) is 3.48. The largest absolute Gasteiger partial charge is 0.435 e. The first-order chi connectivity index (χ1) is 10.6. The van der Waals surface area contributed by atoms with Gasteiger partial charge in [-0.05, 0) is 37.1 Å². The predicted octanol–water partition coefficient (Wildman–Crippen LogP) is 1.28. The number of hydrogen-bond acceptors (Lipinski definition) is 3. The van der Waals surface area contributed by atoms with Gasteiger partial charge < -0.3 is 15.1 Å². The molecule has 2 atom stereocenters. The zero-order chi connectivity index (χ0) is 15.5. The van der Waals surface area contributed by atoms with Gasteiger partial charge in [0.25, 0.3) is 5.89 Å². The molecule has 0 aliphatic carbocycles. The Morgan fingerprint density at radius 2 is 2.18 bits per heavy atom. The number of primary amides is 1. The number of likely N-dealkylation sites (tertiary alicyclic amines) is 1. The number of rotatable bonds is 4. The fourth-order valence-corrected chi connectivity index (χ4v) is 3.03. The van der Waals surface area contributed by atoms with Crippen molar-refractivity contribution in [3.63, 3.8) is 0 Å². The van der Waals surface area contributed by atoms with Crippen molar-refractivity contribution in [2.24, 2.45) is 11.7 Å². The van der Waals surface area contributed by atoms with E-state index < -0.39 is 0 Å². The van der Waals surface area contributed by atoms with Crippen LogP contribution >= 0.6 is 11.6 Å². The molecule has 3 N–H and O–H groups in total. The maximum absolute atomic E-state index is 11.3. The minimum Gasteiger partial charge on any atom is -0.435 e. The number of benzene rings is 1. The summed E-state index contributed by atoms with van der Waals surface area (Å²) in [6.45, 7) is 2.45. The molecule has 6 heteroatoms. The van der Waals surface area contributed by atoms with Crippen molar-refractivity contribution in [3.05, 3.63) is 41.4 Å². The molecule has 0 saturated carbocycles. The van der Waals surface area contributed by atoms with Crippen molar-refractivity contribution < 1.29 is 14.1 Å². The van der Waals surface area contributed by atoms with Crippen molar-refractivity contribution in [3.8, 4) is 11.3 Å². The van der Waals surface area contributed by atoms with Crippen LogP contribution in [-0.2, 0) is 11.3 Å². The quantitative estimate of drug-likeness (QED) is 0.891. The number of amides is 1. The van der Waals surface area contributed by atoms with E-state index in [2.05, 4.69) is 4.98 Å². The second-order valence-corrected chi connectivity index (χ2v) is 6.18. The van der Waals surface area contributed by atoms with Gasteiger partial charge in [0.2, 0.25) is 5.91 Å². The number of oxazole rings is 1. The number of nitrogens with one attached hydrogen (secondary N) is 1. The van der Waals surface area contributed by atoms with Crippen LogP contribution in [0.25, 0.3) is 11.3 Å². The summed E-state index contributed by atoms with van der Waals surface area (Å²) in [5.41, 5.74) is 6.36. The van der Waals surface area contributed by atoms with Gasteiger partial charge in [0.15, 0.2) is 12.3 Å². The number of carbonyl (C=O) groups excluding carboxylic acids is 1. The van der Waals surface area contributed by atoms with Crippen molar-refractivity contribution in [1.29, 1.82) is 0 Å². The molecule has 1 saturated heterocycles.